The molecule has 2 aromatic carbocycles. The van der Waals surface area contributed by atoms with Gasteiger partial charge < -0.3 is 114 Å². The topological polar surface area (TPSA) is 398 Å². The molecule has 0 aliphatic carbocycles. The first-order valence-electron chi connectivity index (χ1n) is 19.8. The standard InChI is InChI=1S/C39H50O24/c1-11-33(62-37-30(53)27(50)23(46)18(8-40)60-37)32(55)36(63-38-31(54)28(51)24(47)19(9-41)61-38)39(57-11)56-10-20-25(48)26(49)29(52)35(59-20)22-15(44)6-14(43)21-16(45)7-17(58-34(21)22)12-2-4-13(42)5-3-12/h2-7,11,18-20,23-33,35-44,46-55H,8-10H2,1H3. The Labute approximate surface area is 355 Å². The highest BCUT2D eigenvalue weighted by Gasteiger charge is 2.54. The van der Waals surface area contributed by atoms with Gasteiger partial charge in [0.2, 0.25) is 0 Å². The van der Waals surface area contributed by atoms with E-state index in [4.69, 9.17) is 37.6 Å². The van der Waals surface area contributed by atoms with E-state index in [1.165, 1.54) is 31.2 Å². The number of aliphatic hydroxyl groups excluding tert-OH is 12. The molecule has 4 aliphatic heterocycles. The molecular weight excluding hydrogens is 852 g/mol. The van der Waals surface area contributed by atoms with E-state index in [-0.39, 0.29) is 17.1 Å². The Balaban J connectivity index is 1.18. The average Bonchev–Trinajstić information content (AvgIpc) is 3.25. The number of phenols is 3. The van der Waals surface area contributed by atoms with E-state index in [0.29, 0.717) is 0 Å². The van der Waals surface area contributed by atoms with Crippen LogP contribution in [0.5, 0.6) is 17.2 Å². The zero-order valence-electron chi connectivity index (χ0n) is 33.0. The smallest absolute Gasteiger partial charge is 0.197 e. The first-order chi connectivity index (χ1) is 29.9. The third-order valence-corrected chi connectivity index (χ3v) is 11.6. The summed E-state index contributed by atoms with van der Waals surface area (Å²) in [6.45, 7) is -1.15. The van der Waals surface area contributed by atoms with Gasteiger partial charge in [0.15, 0.2) is 29.9 Å². The van der Waals surface area contributed by atoms with Crippen LogP contribution in [0.15, 0.2) is 45.6 Å². The van der Waals surface area contributed by atoms with Crippen molar-refractivity contribution < 1.29 is 114 Å². The summed E-state index contributed by atoms with van der Waals surface area (Å²) in [6.07, 6.45) is -36.0. The lowest BCUT2D eigenvalue weighted by Gasteiger charge is -2.48. The van der Waals surface area contributed by atoms with E-state index in [0.717, 1.165) is 12.1 Å². The first-order valence-corrected chi connectivity index (χ1v) is 19.8. The quantitative estimate of drug-likeness (QED) is 0.0854. The maximum Gasteiger partial charge on any atom is 0.197 e. The molecule has 350 valence electrons. The maximum atomic E-state index is 13.3. The van der Waals surface area contributed by atoms with Crippen LogP contribution < -0.4 is 5.43 Å². The molecule has 4 fully saturated rings. The Kier molecular flexibility index (Phi) is 14.3. The van der Waals surface area contributed by atoms with Crippen LogP contribution in [-0.4, -0.2) is 213 Å². The molecule has 20 unspecified atom stereocenters. The molecule has 3 aromatic rings. The van der Waals surface area contributed by atoms with Gasteiger partial charge in [0.05, 0.1) is 31.5 Å². The lowest BCUT2D eigenvalue weighted by atomic mass is 9.89. The number of benzene rings is 2. The predicted molar refractivity (Wildman–Crippen MR) is 202 cm³/mol. The highest BCUT2D eigenvalue weighted by molar-refractivity contribution is 5.89. The van der Waals surface area contributed by atoms with Crippen molar-refractivity contribution in [2.75, 3.05) is 19.8 Å². The third-order valence-electron chi connectivity index (χ3n) is 11.6. The van der Waals surface area contributed by atoms with Crippen molar-refractivity contribution >= 4 is 11.0 Å². The number of phenolic OH excluding ortho intramolecular Hbond substituents is 3. The Hall–Kier alpha value is -3.71. The number of ether oxygens (including phenoxy) is 7. The van der Waals surface area contributed by atoms with Gasteiger partial charge in [-0.15, -0.1) is 0 Å². The van der Waals surface area contributed by atoms with Crippen LogP contribution >= 0.6 is 0 Å². The fraction of sp³-hybridized carbons (Fsp3) is 0.615. The van der Waals surface area contributed by atoms with Crippen LogP contribution in [0.3, 0.4) is 0 Å². The third kappa shape index (κ3) is 9.00. The molecule has 0 radical (unpaired) electrons. The van der Waals surface area contributed by atoms with Gasteiger partial charge in [-0.05, 0) is 31.2 Å². The van der Waals surface area contributed by atoms with Crippen molar-refractivity contribution in [3.8, 4) is 28.6 Å². The number of hydrogen-bond acceptors (Lipinski definition) is 24. The molecule has 1 aromatic heterocycles. The molecule has 0 saturated carbocycles. The van der Waals surface area contributed by atoms with E-state index in [1.54, 1.807) is 0 Å². The summed E-state index contributed by atoms with van der Waals surface area (Å²) < 4.78 is 46.4. The van der Waals surface area contributed by atoms with Gasteiger partial charge in [-0.2, -0.15) is 0 Å². The van der Waals surface area contributed by atoms with E-state index in [2.05, 4.69) is 0 Å². The van der Waals surface area contributed by atoms with E-state index in [1.807, 2.05) is 0 Å². The number of fused-ring (bicyclic) bond motifs is 1. The summed E-state index contributed by atoms with van der Waals surface area (Å²) in [5.74, 6) is -1.70. The van der Waals surface area contributed by atoms with Crippen molar-refractivity contribution in [3.63, 3.8) is 0 Å². The maximum absolute atomic E-state index is 13.3. The van der Waals surface area contributed by atoms with Gasteiger partial charge in [-0.1, -0.05) is 0 Å². The van der Waals surface area contributed by atoms with Crippen LogP contribution in [0, 0.1) is 0 Å². The first kappa shape index (κ1) is 47.3. The summed E-state index contributed by atoms with van der Waals surface area (Å²) in [4.78, 5) is 13.3. The Morgan fingerprint density at radius 2 is 1.11 bits per heavy atom. The molecular formula is C39H50O24. The van der Waals surface area contributed by atoms with Crippen molar-refractivity contribution in [1.29, 1.82) is 0 Å². The zero-order valence-corrected chi connectivity index (χ0v) is 33.0. The average molecular weight is 903 g/mol. The minimum atomic E-state index is -2.05. The fourth-order valence-electron chi connectivity index (χ4n) is 8.01. The molecule has 4 saturated heterocycles. The van der Waals surface area contributed by atoms with Crippen LogP contribution in [-0.2, 0) is 33.2 Å². The van der Waals surface area contributed by atoms with Gasteiger partial charge in [0, 0.05) is 17.7 Å². The van der Waals surface area contributed by atoms with Crippen LogP contribution in [0.1, 0.15) is 18.6 Å². The van der Waals surface area contributed by atoms with Crippen molar-refractivity contribution in [1.82, 2.24) is 0 Å². The van der Waals surface area contributed by atoms with Gasteiger partial charge in [0.1, 0.15) is 126 Å². The Bertz CT molecular complexity index is 2080. The SMILES string of the molecule is CC1OC(OCC2OC(c3c(O)cc(O)c4c(=O)cc(-c5ccc(O)cc5)oc34)C(O)C(O)C2O)C(OC2OC(CO)C(O)C(O)C2O)C(O)C1OC1OC(CO)C(O)C(O)C1O. The lowest BCUT2D eigenvalue weighted by Crippen LogP contribution is -2.66. The minimum Gasteiger partial charge on any atom is -0.508 e. The molecule has 5 heterocycles. The molecule has 63 heavy (non-hydrogen) atoms. The fourth-order valence-corrected chi connectivity index (χ4v) is 8.01. The van der Waals surface area contributed by atoms with Crippen molar-refractivity contribution in [2.45, 2.75) is 130 Å². The normalized spacial score (nSPS) is 41.2. The van der Waals surface area contributed by atoms with E-state index in [9.17, 15) is 81.4 Å². The molecule has 0 bridgehead atoms. The van der Waals surface area contributed by atoms with Crippen LogP contribution in [0.25, 0.3) is 22.3 Å². The van der Waals surface area contributed by atoms with Crippen LogP contribution in [0.2, 0.25) is 0 Å². The lowest BCUT2D eigenvalue weighted by molar-refractivity contribution is -0.386. The van der Waals surface area contributed by atoms with Crippen molar-refractivity contribution in [2.24, 2.45) is 0 Å². The van der Waals surface area contributed by atoms with Gasteiger partial charge >= 0.3 is 0 Å². The largest absolute Gasteiger partial charge is 0.508 e. The summed E-state index contributed by atoms with van der Waals surface area (Å²) >= 11 is 0. The van der Waals surface area contributed by atoms with Gasteiger partial charge in [-0.25, -0.2) is 0 Å². The summed E-state index contributed by atoms with van der Waals surface area (Å²) in [5, 5.41) is 159. The summed E-state index contributed by atoms with van der Waals surface area (Å²) in [5.41, 5.74) is -1.46. The monoisotopic (exact) mass is 902 g/mol. The second-order valence-electron chi connectivity index (χ2n) is 15.8. The van der Waals surface area contributed by atoms with Gasteiger partial charge in [0.25, 0.3) is 0 Å². The number of aromatic hydroxyl groups is 3. The highest BCUT2D eigenvalue weighted by atomic mass is 16.8. The molecule has 20 atom stereocenters. The Morgan fingerprint density at radius 1 is 0.571 bits per heavy atom. The van der Waals surface area contributed by atoms with E-state index >= 15 is 0 Å². The Morgan fingerprint density at radius 3 is 1.68 bits per heavy atom. The summed E-state index contributed by atoms with van der Waals surface area (Å²) in [6, 6.07) is 7.23. The van der Waals surface area contributed by atoms with Crippen LogP contribution in [0.4, 0.5) is 0 Å². The molecule has 4 aliphatic rings. The molecule has 15 N–H and O–H groups in total. The minimum absolute atomic E-state index is 0.104. The number of aliphatic hydroxyl groups is 12. The zero-order chi connectivity index (χ0) is 45.8. The molecule has 24 nitrogen and oxygen atoms in total. The highest BCUT2D eigenvalue weighted by Crippen LogP contribution is 2.44. The predicted octanol–water partition coefficient (Wildman–Crippen LogP) is -5.41. The van der Waals surface area contributed by atoms with Crippen molar-refractivity contribution in [3.05, 3.63) is 52.2 Å². The molecule has 24 heteroatoms. The molecule has 0 spiro atoms. The summed E-state index contributed by atoms with van der Waals surface area (Å²) in [7, 11) is 0. The second kappa shape index (κ2) is 19.0. The molecule has 7 rings (SSSR count). The van der Waals surface area contributed by atoms with Gasteiger partial charge in [-0.3, -0.25) is 4.79 Å². The van der Waals surface area contributed by atoms with E-state index < -0.39 is 176 Å². The second-order valence-corrected chi connectivity index (χ2v) is 15.8. The number of hydrogen-bond donors (Lipinski definition) is 15. The molecule has 0 amide bonds. The number of rotatable bonds is 11.